The molecular formula is C14H15N3O2. The zero-order valence-corrected chi connectivity index (χ0v) is 10.7. The fourth-order valence-electron chi connectivity index (χ4n) is 2.63. The highest BCUT2D eigenvalue weighted by atomic mass is 16.4. The van der Waals surface area contributed by atoms with Crippen molar-refractivity contribution in [1.29, 1.82) is 0 Å². The second-order valence-electron chi connectivity index (χ2n) is 4.86. The zero-order valence-electron chi connectivity index (χ0n) is 10.7. The standard InChI is InChI=1S/C14H15N3O2/c1-16-13(14(18)19)12(6-15-16)9-17-7-10-4-2-3-5-11(10)8-17/h2-6H,7-9H2,1H3,(H,18,19). The molecule has 0 amide bonds. The summed E-state index contributed by atoms with van der Waals surface area (Å²) in [5.41, 5.74) is 3.69. The van der Waals surface area contributed by atoms with Crippen LogP contribution in [0.4, 0.5) is 0 Å². The number of rotatable bonds is 3. The van der Waals surface area contributed by atoms with Gasteiger partial charge in [-0.2, -0.15) is 5.10 Å². The number of fused-ring (bicyclic) bond motifs is 1. The van der Waals surface area contributed by atoms with Crippen molar-refractivity contribution in [3.05, 3.63) is 52.8 Å². The van der Waals surface area contributed by atoms with Crippen LogP contribution in [0.25, 0.3) is 0 Å². The van der Waals surface area contributed by atoms with Crippen LogP contribution in [0, 0.1) is 0 Å². The lowest BCUT2D eigenvalue weighted by Crippen LogP contribution is -2.18. The zero-order chi connectivity index (χ0) is 13.4. The van der Waals surface area contributed by atoms with Gasteiger partial charge in [0.25, 0.3) is 0 Å². The van der Waals surface area contributed by atoms with Crippen molar-refractivity contribution in [1.82, 2.24) is 14.7 Å². The van der Waals surface area contributed by atoms with Gasteiger partial charge in [-0.25, -0.2) is 4.79 Å². The largest absolute Gasteiger partial charge is 0.477 e. The van der Waals surface area contributed by atoms with E-state index in [9.17, 15) is 9.90 Å². The maximum Gasteiger partial charge on any atom is 0.354 e. The summed E-state index contributed by atoms with van der Waals surface area (Å²) in [6, 6.07) is 8.32. The normalized spacial score (nSPS) is 14.6. The van der Waals surface area contributed by atoms with Gasteiger partial charge in [0.15, 0.2) is 5.69 Å². The fourth-order valence-corrected chi connectivity index (χ4v) is 2.63. The molecule has 1 N–H and O–H groups in total. The summed E-state index contributed by atoms with van der Waals surface area (Å²) in [6.45, 7) is 2.35. The third-order valence-corrected chi connectivity index (χ3v) is 3.52. The predicted octanol–water partition coefficient (Wildman–Crippen LogP) is 1.63. The molecule has 5 heteroatoms. The van der Waals surface area contributed by atoms with Gasteiger partial charge in [0, 0.05) is 32.2 Å². The quantitative estimate of drug-likeness (QED) is 0.908. The molecule has 5 nitrogen and oxygen atoms in total. The Balaban J connectivity index is 1.80. The highest BCUT2D eigenvalue weighted by Gasteiger charge is 2.22. The van der Waals surface area contributed by atoms with E-state index in [0.717, 1.165) is 18.7 Å². The van der Waals surface area contributed by atoms with E-state index >= 15 is 0 Å². The van der Waals surface area contributed by atoms with E-state index < -0.39 is 5.97 Å². The van der Waals surface area contributed by atoms with E-state index in [0.29, 0.717) is 6.54 Å². The van der Waals surface area contributed by atoms with Gasteiger partial charge in [-0.15, -0.1) is 0 Å². The maximum absolute atomic E-state index is 11.2. The van der Waals surface area contributed by atoms with Crippen LogP contribution < -0.4 is 0 Å². The molecule has 1 aliphatic heterocycles. The van der Waals surface area contributed by atoms with E-state index in [-0.39, 0.29) is 5.69 Å². The summed E-state index contributed by atoms with van der Waals surface area (Å²) in [5.74, 6) is -0.924. The van der Waals surface area contributed by atoms with E-state index in [2.05, 4.69) is 22.1 Å². The van der Waals surface area contributed by atoms with Crippen molar-refractivity contribution in [2.45, 2.75) is 19.6 Å². The Kier molecular flexibility index (Phi) is 2.83. The van der Waals surface area contributed by atoms with Gasteiger partial charge in [-0.05, 0) is 11.1 Å². The number of hydrogen-bond donors (Lipinski definition) is 1. The SMILES string of the molecule is Cn1ncc(CN2Cc3ccccc3C2)c1C(=O)O. The number of aromatic carboxylic acids is 1. The number of aryl methyl sites for hydroxylation is 1. The molecule has 0 fully saturated rings. The van der Waals surface area contributed by atoms with E-state index in [1.165, 1.54) is 15.8 Å². The summed E-state index contributed by atoms with van der Waals surface area (Å²) in [5, 5.41) is 13.2. The summed E-state index contributed by atoms with van der Waals surface area (Å²) >= 11 is 0. The van der Waals surface area contributed by atoms with Crippen molar-refractivity contribution in [3.63, 3.8) is 0 Å². The molecule has 0 spiro atoms. The van der Waals surface area contributed by atoms with Crippen molar-refractivity contribution in [3.8, 4) is 0 Å². The minimum atomic E-state index is -0.924. The highest BCUT2D eigenvalue weighted by Crippen LogP contribution is 2.24. The molecule has 2 heterocycles. The number of nitrogens with zero attached hydrogens (tertiary/aromatic N) is 3. The Hall–Kier alpha value is -2.14. The van der Waals surface area contributed by atoms with Crippen molar-refractivity contribution < 1.29 is 9.90 Å². The van der Waals surface area contributed by atoms with Gasteiger partial charge >= 0.3 is 5.97 Å². The molecule has 0 unspecified atom stereocenters. The van der Waals surface area contributed by atoms with Crippen LogP contribution in [0.3, 0.4) is 0 Å². The molecule has 0 radical (unpaired) electrons. The van der Waals surface area contributed by atoms with Crippen LogP contribution in [0.2, 0.25) is 0 Å². The van der Waals surface area contributed by atoms with Crippen molar-refractivity contribution >= 4 is 5.97 Å². The Labute approximate surface area is 111 Å². The average Bonchev–Trinajstić information content (AvgIpc) is 2.92. The van der Waals surface area contributed by atoms with Crippen LogP contribution in [0.5, 0.6) is 0 Å². The molecule has 1 aromatic heterocycles. The Morgan fingerprint density at radius 1 is 1.32 bits per heavy atom. The first-order valence-corrected chi connectivity index (χ1v) is 6.18. The molecule has 0 saturated carbocycles. The number of carbonyl (C=O) groups is 1. The first-order valence-electron chi connectivity index (χ1n) is 6.18. The second kappa shape index (κ2) is 4.51. The fraction of sp³-hybridized carbons (Fsp3) is 0.286. The third kappa shape index (κ3) is 2.13. The van der Waals surface area contributed by atoms with Gasteiger partial charge in [-0.1, -0.05) is 24.3 Å². The summed E-state index contributed by atoms with van der Waals surface area (Å²) in [7, 11) is 1.66. The number of carboxylic acid groups (broad SMARTS) is 1. The van der Waals surface area contributed by atoms with Gasteiger partial charge in [0.2, 0.25) is 0 Å². The summed E-state index contributed by atoms with van der Waals surface area (Å²) in [4.78, 5) is 13.4. The Morgan fingerprint density at radius 2 is 1.95 bits per heavy atom. The Bertz CT molecular complexity index is 608. The molecule has 2 aromatic rings. The van der Waals surface area contributed by atoms with Gasteiger partial charge in [0.05, 0.1) is 6.20 Å². The van der Waals surface area contributed by atoms with E-state index in [1.807, 2.05) is 12.1 Å². The second-order valence-corrected chi connectivity index (χ2v) is 4.86. The first-order chi connectivity index (χ1) is 9.15. The number of hydrogen-bond acceptors (Lipinski definition) is 3. The molecule has 0 bridgehead atoms. The highest BCUT2D eigenvalue weighted by molar-refractivity contribution is 5.87. The third-order valence-electron chi connectivity index (χ3n) is 3.52. The van der Waals surface area contributed by atoms with Gasteiger partial charge < -0.3 is 5.11 Å². The molecule has 0 atom stereocenters. The van der Waals surface area contributed by atoms with E-state index in [1.54, 1.807) is 13.2 Å². The minimum absolute atomic E-state index is 0.274. The van der Waals surface area contributed by atoms with Crippen LogP contribution in [0.15, 0.2) is 30.5 Å². The summed E-state index contributed by atoms with van der Waals surface area (Å²) in [6.07, 6.45) is 1.65. The molecule has 1 aromatic carbocycles. The molecule has 0 saturated heterocycles. The van der Waals surface area contributed by atoms with Crippen LogP contribution in [-0.4, -0.2) is 25.8 Å². The molecule has 0 aliphatic carbocycles. The first kappa shape index (κ1) is 11.9. The summed E-state index contributed by atoms with van der Waals surface area (Å²) < 4.78 is 1.42. The van der Waals surface area contributed by atoms with Crippen molar-refractivity contribution in [2.75, 3.05) is 0 Å². The molecular weight excluding hydrogens is 242 g/mol. The van der Waals surface area contributed by atoms with Crippen LogP contribution >= 0.6 is 0 Å². The monoisotopic (exact) mass is 257 g/mol. The predicted molar refractivity (Wildman–Crippen MR) is 69.6 cm³/mol. The lowest BCUT2D eigenvalue weighted by Gasteiger charge is -2.14. The molecule has 98 valence electrons. The molecule has 3 rings (SSSR count). The molecule has 19 heavy (non-hydrogen) atoms. The van der Waals surface area contributed by atoms with Crippen molar-refractivity contribution in [2.24, 2.45) is 7.05 Å². The average molecular weight is 257 g/mol. The smallest absolute Gasteiger partial charge is 0.354 e. The minimum Gasteiger partial charge on any atom is -0.477 e. The van der Waals surface area contributed by atoms with Gasteiger partial charge in [-0.3, -0.25) is 9.58 Å². The lowest BCUT2D eigenvalue weighted by molar-refractivity contribution is 0.0682. The number of carboxylic acids is 1. The number of benzene rings is 1. The van der Waals surface area contributed by atoms with Crippen LogP contribution in [-0.2, 0) is 26.7 Å². The topological polar surface area (TPSA) is 58.4 Å². The van der Waals surface area contributed by atoms with Gasteiger partial charge in [0.1, 0.15) is 0 Å². The van der Waals surface area contributed by atoms with Crippen LogP contribution in [0.1, 0.15) is 27.2 Å². The Morgan fingerprint density at radius 3 is 2.53 bits per heavy atom. The lowest BCUT2D eigenvalue weighted by atomic mass is 10.1. The maximum atomic E-state index is 11.2. The molecule has 1 aliphatic rings. The number of aromatic nitrogens is 2. The van der Waals surface area contributed by atoms with E-state index in [4.69, 9.17) is 0 Å².